The first-order chi connectivity index (χ1) is 4.35. The summed E-state index contributed by atoms with van der Waals surface area (Å²) in [7, 11) is 0. The Labute approximate surface area is 55.7 Å². The zero-order chi connectivity index (χ0) is 7.11. The van der Waals surface area contributed by atoms with E-state index in [-0.39, 0.29) is 0 Å². The highest BCUT2D eigenvalue weighted by Crippen LogP contribution is 2.10. The Bertz CT molecular complexity index is 122. The predicted octanol–water partition coefficient (Wildman–Crippen LogP) is 1.84. The van der Waals surface area contributed by atoms with E-state index in [0.29, 0.717) is 18.8 Å². The van der Waals surface area contributed by atoms with Crippen molar-refractivity contribution in [2.24, 2.45) is 5.92 Å². The van der Waals surface area contributed by atoms with E-state index < -0.39 is 0 Å². The first-order valence-corrected chi connectivity index (χ1v) is 3.09. The van der Waals surface area contributed by atoms with Crippen LogP contribution in [0.25, 0.3) is 0 Å². The van der Waals surface area contributed by atoms with E-state index in [0.717, 1.165) is 6.42 Å². The van der Waals surface area contributed by atoms with Gasteiger partial charge < -0.3 is 0 Å². The maximum atomic E-state index is 8.24. The van der Waals surface area contributed by atoms with Gasteiger partial charge in [-0.1, -0.05) is 13.3 Å². The average Bonchev–Trinajstić information content (AvgIpc) is 1.88. The van der Waals surface area contributed by atoms with Gasteiger partial charge in [-0.15, -0.1) is 0 Å². The molecule has 48 valence electrons. The molecule has 0 aliphatic carbocycles. The zero-order valence-electron chi connectivity index (χ0n) is 5.59. The SMILES string of the molecule is CCC(CC#N)CC#N. The van der Waals surface area contributed by atoms with Crippen molar-refractivity contribution in [3.63, 3.8) is 0 Å². The fourth-order valence-corrected chi connectivity index (χ4v) is 0.619. The molecule has 2 heteroatoms. The summed E-state index contributed by atoms with van der Waals surface area (Å²) < 4.78 is 0. The second-order valence-electron chi connectivity index (χ2n) is 2.00. The van der Waals surface area contributed by atoms with Crippen LogP contribution in [-0.2, 0) is 0 Å². The molecule has 0 saturated heterocycles. The molecule has 0 fully saturated rings. The second kappa shape index (κ2) is 5.12. The van der Waals surface area contributed by atoms with Crippen LogP contribution in [0.4, 0.5) is 0 Å². The van der Waals surface area contributed by atoms with Crippen LogP contribution in [0.5, 0.6) is 0 Å². The minimum absolute atomic E-state index is 0.292. The Balaban J connectivity index is 3.47. The molecule has 0 aromatic heterocycles. The molecular weight excluding hydrogens is 112 g/mol. The minimum Gasteiger partial charge on any atom is -0.198 e. The molecule has 0 N–H and O–H groups in total. The Morgan fingerprint density at radius 2 is 1.67 bits per heavy atom. The highest BCUT2D eigenvalue weighted by Gasteiger charge is 2.02. The standard InChI is InChI=1S/C7H10N2/c1-2-7(3-5-8)4-6-9/h7H,2-4H2,1H3. The van der Waals surface area contributed by atoms with E-state index in [2.05, 4.69) is 12.1 Å². The van der Waals surface area contributed by atoms with Gasteiger partial charge in [0.15, 0.2) is 0 Å². The summed E-state index contributed by atoms with van der Waals surface area (Å²) in [6, 6.07) is 4.10. The van der Waals surface area contributed by atoms with Crippen molar-refractivity contribution in [2.45, 2.75) is 26.2 Å². The third-order valence-electron chi connectivity index (χ3n) is 1.34. The smallest absolute Gasteiger partial charge is 0.0625 e. The molecule has 0 atom stereocenters. The summed E-state index contributed by atoms with van der Waals surface area (Å²) in [6.45, 7) is 2.00. The van der Waals surface area contributed by atoms with Crippen molar-refractivity contribution < 1.29 is 0 Å². The van der Waals surface area contributed by atoms with Gasteiger partial charge in [-0.3, -0.25) is 0 Å². The number of rotatable bonds is 3. The van der Waals surface area contributed by atoms with Crippen LogP contribution < -0.4 is 0 Å². The van der Waals surface area contributed by atoms with E-state index in [9.17, 15) is 0 Å². The highest BCUT2D eigenvalue weighted by atomic mass is 14.3. The number of nitriles is 2. The third-order valence-corrected chi connectivity index (χ3v) is 1.34. The van der Waals surface area contributed by atoms with Crippen LogP contribution in [-0.4, -0.2) is 0 Å². The van der Waals surface area contributed by atoms with Crippen molar-refractivity contribution in [1.29, 1.82) is 10.5 Å². The van der Waals surface area contributed by atoms with Crippen molar-refractivity contribution in [3.8, 4) is 12.1 Å². The van der Waals surface area contributed by atoms with Gasteiger partial charge in [0.05, 0.1) is 12.1 Å². The van der Waals surface area contributed by atoms with E-state index >= 15 is 0 Å². The normalized spacial score (nSPS) is 8.44. The Morgan fingerprint density at radius 3 is 1.89 bits per heavy atom. The molecule has 0 heterocycles. The Kier molecular flexibility index (Phi) is 4.54. The lowest BCUT2D eigenvalue weighted by atomic mass is 10.0. The van der Waals surface area contributed by atoms with E-state index in [1.165, 1.54) is 0 Å². The van der Waals surface area contributed by atoms with Crippen molar-refractivity contribution >= 4 is 0 Å². The molecule has 0 bridgehead atoms. The molecule has 0 rings (SSSR count). The van der Waals surface area contributed by atoms with E-state index in [1.54, 1.807) is 0 Å². The number of hydrogen-bond acceptors (Lipinski definition) is 2. The molecule has 0 amide bonds. The van der Waals surface area contributed by atoms with Crippen molar-refractivity contribution in [1.82, 2.24) is 0 Å². The van der Waals surface area contributed by atoms with Crippen LogP contribution >= 0.6 is 0 Å². The fraction of sp³-hybridized carbons (Fsp3) is 0.714. The lowest BCUT2D eigenvalue weighted by Gasteiger charge is -2.01. The molecule has 0 unspecified atom stereocenters. The van der Waals surface area contributed by atoms with E-state index in [1.807, 2.05) is 6.92 Å². The monoisotopic (exact) mass is 122 g/mol. The Hall–Kier alpha value is -1.02. The molecule has 0 aromatic carbocycles. The summed E-state index contributed by atoms with van der Waals surface area (Å²) in [5, 5.41) is 16.5. The van der Waals surface area contributed by atoms with Gasteiger partial charge in [-0.2, -0.15) is 10.5 Å². The minimum atomic E-state index is 0.292. The maximum Gasteiger partial charge on any atom is 0.0625 e. The first kappa shape index (κ1) is 7.98. The Morgan fingerprint density at radius 1 is 1.22 bits per heavy atom. The van der Waals surface area contributed by atoms with Gasteiger partial charge in [-0.05, 0) is 5.92 Å². The molecule has 2 nitrogen and oxygen atoms in total. The summed E-state index contributed by atoms with van der Waals surface area (Å²) in [5.41, 5.74) is 0. The molecular formula is C7H10N2. The summed E-state index contributed by atoms with van der Waals surface area (Å²) in [5.74, 6) is 0.292. The first-order valence-electron chi connectivity index (χ1n) is 3.09. The maximum absolute atomic E-state index is 8.24. The molecule has 0 aliphatic heterocycles. The summed E-state index contributed by atoms with van der Waals surface area (Å²) in [6.07, 6.45) is 1.97. The van der Waals surface area contributed by atoms with Crippen molar-refractivity contribution in [2.75, 3.05) is 0 Å². The molecule has 0 radical (unpaired) electrons. The van der Waals surface area contributed by atoms with Crippen LogP contribution in [0.1, 0.15) is 26.2 Å². The number of nitrogens with zero attached hydrogens (tertiary/aromatic N) is 2. The van der Waals surface area contributed by atoms with Gasteiger partial charge in [0.25, 0.3) is 0 Å². The van der Waals surface area contributed by atoms with Crippen LogP contribution in [0.15, 0.2) is 0 Å². The van der Waals surface area contributed by atoms with E-state index in [4.69, 9.17) is 10.5 Å². The lowest BCUT2D eigenvalue weighted by molar-refractivity contribution is 0.534. The van der Waals surface area contributed by atoms with Crippen LogP contribution in [0.3, 0.4) is 0 Å². The van der Waals surface area contributed by atoms with Crippen molar-refractivity contribution in [3.05, 3.63) is 0 Å². The quantitative estimate of drug-likeness (QED) is 0.573. The largest absolute Gasteiger partial charge is 0.198 e. The topological polar surface area (TPSA) is 47.6 Å². The third kappa shape index (κ3) is 3.55. The lowest BCUT2D eigenvalue weighted by Crippen LogP contribution is -1.94. The van der Waals surface area contributed by atoms with Gasteiger partial charge in [0.2, 0.25) is 0 Å². The predicted molar refractivity (Wildman–Crippen MR) is 34.2 cm³/mol. The molecule has 0 saturated carbocycles. The fourth-order valence-electron chi connectivity index (χ4n) is 0.619. The summed E-state index contributed by atoms with van der Waals surface area (Å²) >= 11 is 0. The average molecular weight is 122 g/mol. The molecule has 0 aliphatic rings. The number of hydrogen-bond donors (Lipinski definition) is 0. The molecule has 0 aromatic rings. The highest BCUT2D eigenvalue weighted by molar-refractivity contribution is 4.82. The van der Waals surface area contributed by atoms with Gasteiger partial charge in [0, 0.05) is 12.8 Å². The second-order valence-corrected chi connectivity index (χ2v) is 2.00. The zero-order valence-corrected chi connectivity index (χ0v) is 5.59. The summed E-state index contributed by atoms with van der Waals surface area (Å²) in [4.78, 5) is 0. The van der Waals surface area contributed by atoms with Gasteiger partial charge in [-0.25, -0.2) is 0 Å². The van der Waals surface area contributed by atoms with Gasteiger partial charge >= 0.3 is 0 Å². The molecule has 0 spiro atoms. The van der Waals surface area contributed by atoms with Crippen LogP contribution in [0.2, 0.25) is 0 Å². The van der Waals surface area contributed by atoms with Gasteiger partial charge in [0.1, 0.15) is 0 Å². The molecule has 9 heavy (non-hydrogen) atoms. The van der Waals surface area contributed by atoms with Crippen LogP contribution in [0, 0.1) is 28.6 Å².